The number of aliphatic imine (C=N–C) groups is 1. The van der Waals surface area contributed by atoms with E-state index in [1.165, 1.54) is 5.56 Å². The summed E-state index contributed by atoms with van der Waals surface area (Å²) in [5, 5.41) is 11.0. The third-order valence-corrected chi connectivity index (χ3v) is 5.90. The van der Waals surface area contributed by atoms with E-state index in [4.69, 9.17) is 19.0 Å². The van der Waals surface area contributed by atoms with Crippen molar-refractivity contribution in [1.29, 1.82) is 0 Å². The van der Waals surface area contributed by atoms with E-state index in [0.717, 1.165) is 68.1 Å². The van der Waals surface area contributed by atoms with E-state index in [2.05, 4.69) is 46.7 Å². The number of benzene rings is 1. The lowest BCUT2D eigenvalue weighted by molar-refractivity contribution is 0.0170. The summed E-state index contributed by atoms with van der Waals surface area (Å²) in [7, 11) is 1.69. The predicted octanol–water partition coefficient (Wildman–Crippen LogP) is 3.65. The molecule has 0 radical (unpaired) electrons. The number of guanidine groups is 1. The molecule has 0 amide bonds. The highest BCUT2D eigenvalue weighted by molar-refractivity contribution is 14.0. The number of nitrogens with one attached hydrogen (secondary N) is 2. The molecule has 2 atom stereocenters. The highest BCUT2D eigenvalue weighted by Crippen LogP contribution is 2.24. The van der Waals surface area contributed by atoms with Crippen molar-refractivity contribution in [3.63, 3.8) is 0 Å². The lowest BCUT2D eigenvalue weighted by Crippen LogP contribution is -2.46. The minimum absolute atomic E-state index is 0. The van der Waals surface area contributed by atoms with Crippen LogP contribution in [0.3, 0.4) is 0 Å². The van der Waals surface area contributed by atoms with Crippen LogP contribution in [0.25, 0.3) is 0 Å². The largest absolute Gasteiger partial charge is 0.497 e. The van der Waals surface area contributed by atoms with Crippen LogP contribution in [0.5, 0.6) is 5.75 Å². The first-order valence-electron chi connectivity index (χ1n) is 11.4. The van der Waals surface area contributed by atoms with E-state index < -0.39 is 0 Å². The lowest BCUT2D eigenvalue weighted by atomic mass is 10.00. The summed E-state index contributed by atoms with van der Waals surface area (Å²) in [6.07, 6.45) is 0. The van der Waals surface area contributed by atoms with Gasteiger partial charge in [0.15, 0.2) is 5.96 Å². The smallest absolute Gasteiger partial charge is 0.191 e. The highest BCUT2D eigenvalue weighted by atomic mass is 127. The molecule has 0 bridgehead atoms. The molecule has 184 valence electrons. The number of morpholine rings is 1. The summed E-state index contributed by atoms with van der Waals surface area (Å²) in [6.45, 7) is 13.7. The fourth-order valence-electron chi connectivity index (χ4n) is 4.22. The molecule has 1 saturated heterocycles. The topological polar surface area (TPSA) is 84.2 Å². The Morgan fingerprint density at radius 2 is 1.88 bits per heavy atom. The van der Waals surface area contributed by atoms with Gasteiger partial charge < -0.3 is 24.6 Å². The summed E-state index contributed by atoms with van der Waals surface area (Å²) in [6, 6.07) is 8.54. The molecule has 8 nitrogen and oxygen atoms in total. The zero-order valence-corrected chi connectivity index (χ0v) is 22.7. The minimum atomic E-state index is 0. The van der Waals surface area contributed by atoms with Gasteiger partial charge in [-0.05, 0) is 38.5 Å². The Hall–Kier alpha value is -1.85. The van der Waals surface area contributed by atoms with E-state index in [0.29, 0.717) is 6.54 Å². The van der Waals surface area contributed by atoms with Gasteiger partial charge in [-0.1, -0.05) is 24.2 Å². The molecule has 2 unspecified atom stereocenters. The normalized spacial score (nSPS) is 16.6. The molecule has 9 heteroatoms. The maximum absolute atomic E-state index is 5.58. The van der Waals surface area contributed by atoms with Crippen LogP contribution >= 0.6 is 24.0 Å². The molecule has 1 aromatic carbocycles. The number of aryl methyl sites for hydroxylation is 2. The van der Waals surface area contributed by atoms with Gasteiger partial charge in [-0.25, -0.2) is 0 Å². The number of methoxy groups -OCH3 is 1. The Bertz CT molecular complexity index is 846. The molecule has 1 aromatic heterocycles. The van der Waals surface area contributed by atoms with Crippen LogP contribution in [0.2, 0.25) is 0 Å². The van der Waals surface area contributed by atoms with Crippen LogP contribution in [0.15, 0.2) is 33.8 Å². The Morgan fingerprint density at radius 1 is 1.18 bits per heavy atom. The summed E-state index contributed by atoms with van der Waals surface area (Å²) in [4.78, 5) is 7.32. The molecule has 1 aliphatic heterocycles. The van der Waals surface area contributed by atoms with Crippen molar-refractivity contribution in [1.82, 2.24) is 20.7 Å². The Balaban J connectivity index is 0.00000385. The number of aromatic nitrogens is 1. The number of hydrogen-bond donors (Lipinski definition) is 2. The van der Waals surface area contributed by atoms with Crippen molar-refractivity contribution in [2.75, 3.05) is 53.0 Å². The van der Waals surface area contributed by atoms with Crippen molar-refractivity contribution >= 4 is 29.9 Å². The van der Waals surface area contributed by atoms with Crippen molar-refractivity contribution in [2.24, 2.45) is 4.99 Å². The average molecular weight is 572 g/mol. The van der Waals surface area contributed by atoms with Crippen molar-refractivity contribution in [3.8, 4) is 5.75 Å². The second-order valence-electron chi connectivity index (χ2n) is 8.18. The quantitative estimate of drug-likeness (QED) is 0.270. The van der Waals surface area contributed by atoms with E-state index in [1.54, 1.807) is 7.11 Å². The third kappa shape index (κ3) is 7.58. The van der Waals surface area contributed by atoms with Crippen LogP contribution in [-0.2, 0) is 4.74 Å². The summed E-state index contributed by atoms with van der Waals surface area (Å²) < 4.78 is 16.2. The molecule has 33 heavy (non-hydrogen) atoms. The van der Waals surface area contributed by atoms with Gasteiger partial charge in [0.05, 0.1) is 32.1 Å². The third-order valence-electron chi connectivity index (χ3n) is 5.90. The van der Waals surface area contributed by atoms with Gasteiger partial charge in [-0.2, -0.15) is 0 Å². The fraction of sp³-hybridized carbons (Fsp3) is 0.583. The van der Waals surface area contributed by atoms with E-state index in [1.807, 2.05) is 26.0 Å². The monoisotopic (exact) mass is 571 g/mol. The van der Waals surface area contributed by atoms with Crippen molar-refractivity contribution in [2.45, 2.75) is 39.7 Å². The summed E-state index contributed by atoms with van der Waals surface area (Å²) >= 11 is 0. The number of nitrogens with zero attached hydrogens (tertiary/aromatic N) is 3. The molecule has 0 aliphatic carbocycles. The van der Waals surface area contributed by atoms with Gasteiger partial charge in [-0.15, -0.1) is 24.0 Å². The van der Waals surface area contributed by atoms with Gasteiger partial charge in [0.2, 0.25) is 0 Å². The molecule has 2 aromatic rings. The molecule has 2 heterocycles. The highest BCUT2D eigenvalue weighted by Gasteiger charge is 2.23. The van der Waals surface area contributed by atoms with Crippen molar-refractivity contribution in [3.05, 3.63) is 46.8 Å². The molecule has 0 saturated carbocycles. The van der Waals surface area contributed by atoms with Crippen LogP contribution in [0, 0.1) is 13.8 Å². The Morgan fingerprint density at radius 3 is 2.45 bits per heavy atom. The molecule has 0 spiro atoms. The second-order valence-corrected chi connectivity index (χ2v) is 8.18. The molecular formula is C24H38IN5O3. The van der Waals surface area contributed by atoms with Crippen LogP contribution in [0.4, 0.5) is 0 Å². The van der Waals surface area contributed by atoms with Crippen LogP contribution < -0.4 is 15.4 Å². The summed E-state index contributed by atoms with van der Waals surface area (Å²) in [5.74, 6) is 2.78. The van der Waals surface area contributed by atoms with Gasteiger partial charge >= 0.3 is 0 Å². The number of rotatable bonds is 9. The summed E-state index contributed by atoms with van der Waals surface area (Å²) in [5.41, 5.74) is 3.34. The SMILES string of the molecule is CCNC(=NCC(C)c1c(C)noc1C)NCC(c1ccc(OC)cc1)N1CCOCC1.I. The molecular weight excluding hydrogens is 533 g/mol. The van der Waals surface area contributed by atoms with Gasteiger partial charge in [0, 0.05) is 44.2 Å². The fourth-order valence-corrected chi connectivity index (χ4v) is 4.22. The van der Waals surface area contributed by atoms with Crippen LogP contribution in [0.1, 0.15) is 48.4 Å². The van der Waals surface area contributed by atoms with Gasteiger partial charge in [0.25, 0.3) is 0 Å². The minimum Gasteiger partial charge on any atom is -0.497 e. The standard InChI is InChI=1S/C24H37N5O3.HI/c1-6-25-24(26-15-17(2)23-18(3)28-32-19(23)4)27-16-22(29-11-13-31-14-12-29)20-7-9-21(30-5)10-8-20;/h7-10,17,22H,6,11-16H2,1-5H3,(H2,25,26,27);1H. The zero-order chi connectivity index (χ0) is 22.9. The van der Waals surface area contributed by atoms with Gasteiger partial charge in [-0.3, -0.25) is 9.89 Å². The zero-order valence-electron chi connectivity index (χ0n) is 20.4. The predicted molar refractivity (Wildman–Crippen MR) is 142 cm³/mol. The molecule has 1 fully saturated rings. The first-order valence-corrected chi connectivity index (χ1v) is 11.4. The van der Waals surface area contributed by atoms with E-state index in [9.17, 15) is 0 Å². The first kappa shape index (κ1) is 27.4. The Labute approximate surface area is 214 Å². The first-order chi connectivity index (χ1) is 15.5. The number of hydrogen-bond acceptors (Lipinski definition) is 6. The maximum atomic E-state index is 5.58. The van der Waals surface area contributed by atoms with E-state index in [-0.39, 0.29) is 35.9 Å². The molecule has 1 aliphatic rings. The van der Waals surface area contributed by atoms with Crippen molar-refractivity contribution < 1.29 is 14.0 Å². The number of ether oxygens (including phenoxy) is 2. The van der Waals surface area contributed by atoms with Crippen LogP contribution in [-0.4, -0.2) is 69.1 Å². The molecule has 3 rings (SSSR count). The molecule has 2 N–H and O–H groups in total. The van der Waals surface area contributed by atoms with Gasteiger partial charge in [0.1, 0.15) is 11.5 Å². The number of halogens is 1. The van der Waals surface area contributed by atoms with E-state index >= 15 is 0 Å². The maximum Gasteiger partial charge on any atom is 0.191 e. The average Bonchev–Trinajstić information content (AvgIpc) is 3.16. The Kier molecular flexibility index (Phi) is 11.4. The lowest BCUT2D eigenvalue weighted by Gasteiger charge is -2.35. The second kappa shape index (κ2) is 13.8.